The van der Waals surface area contributed by atoms with Gasteiger partial charge in [0, 0.05) is 11.1 Å². The molecule has 36 heavy (non-hydrogen) atoms. The second kappa shape index (κ2) is 9.95. The van der Waals surface area contributed by atoms with E-state index in [1.165, 1.54) is 30.3 Å². The van der Waals surface area contributed by atoms with Crippen LogP contribution in [-0.2, 0) is 19.3 Å². The highest BCUT2D eigenvalue weighted by molar-refractivity contribution is 5.74. The number of benzene rings is 3. The fraction of sp³-hybridized carbons (Fsp3) is 0.259. The van der Waals surface area contributed by atoms with E-state index in [2.05, 4.69) is 4.74 Å². The summed E-state index contributed by atoms with van der Waals surface area (Å²) in [7, 11) is 0. The number of allylic oxidation sites excluding steroid dienone is 2. The molecule has 0 saturated heterocycles. The van der Waals surface area contributed by atoms with Gasteiger partial charge in [-0.2, -0.15) is 0 Å². The monoisotopic (exact) mass is 512 g/mol. The molecule has 0 heterocycles. The van der Waals surface area contributed by atoms with Crippen LogP contribution in [0.2, 0.25) is 0 Å². The van der Waals surface area contributed by atoms with Crippen molar-refractivity contribution in [3.8, 4) is 16.9 Å². The van der Waals surface area contributed by atoms with Crippen LogP contribution < -0.4 is 4.74 Å². The Morgan fingerprint density at radius 3 is 2.08 bits per heavy atom. The second-order valence-electron chi connectivity index (χ2n) is 8.53. The summed E-state index contributed by atoms with van der Waals surface area (Å²) in [6, 6.07) is 6.36. The molecule has 0 spiro atoms. The summed E-state index contributed by atoms with van der Waals surface area (Å²) in [5, 5.41) is 0. The standard InChI is InChI=1S/C27H20F8O/c1-2-3-4-14-9-20(28)24(21(29)10-14)16-6-8-18-15(11-16)5-7-19(25(18)32)17-12-22(30)26(23(31)13-17)36-27(33,34)35/h5-7,9-10,12-13H,2-4,8,11H2,1H3. The van der Waals surface area contributed by atoms with Gasteiger partial charge in [-0.3, -0.25) is 0 Å². The molecular weight excluding hydrogens is 492 g/mol. The van der Waals surface area contributed by atoms with Crippen molar-refractivity contribution in [1.82, 2.24) is 0 Å². The van der Waals surface area contributed by atoms with Crippen LogP contribution in [0.4, 0.5) is 35.1 Å². The van der Waals surface area contributed by atoms with Gasteiger partial charge in [0.25, 0.3) is 0 Å². The van der Waals surface area contributed by atoms with E-state index >= 15 is 4.39 Å². The first-order valence-electron chi connectivity index (χ1n) is 11.2. The van der Waals surface area contributed by atoms with Crippen LogP contribution in [-0.4, -0.2) is 6.36 Å². The first-order chi connectivity index (χ1) is 17.0. The van der Waals surface area contributed by atoms with Crippen molar-refractivity contribution in [2.24, 2.45) is 0 Å². The molecule has 0 aromatic heterocycles. The van der Waals surface area contributed by atoms with Crippen molar-refractivity contribution in [3.63, 3.8) is 0 Å². The third-order valence-corrected chi connectivity index (χ3v) is 6.04. The van der Waals surface area contributed by atoms with E-state index in [0.29, 0.717) is 35.3 Å². The molecule has 0 unspecified atom stereocenters. The number of hydrogen-bond acceptors (Lipinski definition) is 1. The Kier molecular flexibility index (Phi) is 7.11. The van der Waals surface area contributed by atoms with Crippen molar-refractivity contribution >= 4 is 5.57 Å². The van der Waals surface area contributed by atoms with E-state index in [1.54, 1.807) is 0 Å². The van der Waals surface area contributed by atoms with Crippen LogP contribution in [0.3, 0.4) is 0 Å². The minimum Gasteiger partial charge on any atom is -0.399 e. The van der Waals surface area contributed by atoms with Gasteiger partial charge in [0.2, 0.25) is 5.75 Å². The highest BCUT2D eigenvalue weighted by Gasteiger charge is 2.34. The van der Waals surface area contributed by atoms with E-state index in [4.69, 9.17) is 0 Å². The number of halogens is 8. The molecule has 190 valence electrons. The highest BCUT2D eigenvalue weighted by Crippen LogP contribution is 2.38. The third-order valence-electron chi connectivity index (χ3n) is 6.04. The molecule has 0 amide bonds. The average molecular weight is 512 g/mol. The molecule has 1 nitrogen and oxygen atoms in total. The van der Waals surface area contributed by atoms with Gasteiger partial charge in [-0.25, -0.2) is 22.0 Å². The predicted molar refractivity (Wildman–Crippen MR) is 119 cm³/mol. The van der Waals surface area contributed by atoms with Gasteiger partial charge in [-0.15, -0.1) is 13.2 Å². The first-order valence-corrected chi connectivity index (χ1v) is 11.2. The first kappa shape index (κ1) is 25.7. The van der Waals surface area contributed by atoms with E-state index in [1.807, 2.05) is 6.92 Å². The van der Waals surface area contributed by atoms with Crippen LogP contribution in [0, 0.1) is 29.1 Å². The number of ether oxygens (including phenoxy) is 1. The zero-order valence-corrected chi connectivity index (χ0v) is 19.0. The molecule has 0 aliphatic heterocycles. The Hall–Kier alpha value is -3.36. The fourth-order valence-corrected chi connectivity index (χ4v) is 4.35. The van der Waals surface area contributed by atoms with Gasteiger partial charge in [0.15, 0.2) is 11.6 Å². The van der Waals surface area contributed by atoms with Crippen molar-refractivity contribution in [2.45, 2.75) is 45.4 Å². The molecule has 1 aliphatic carbocycles. The van der Waals surface area contributed by atoms with Gasteiger partial charge in [0.05, 0.1) is 0 Å². The van der Waals surface area contributed by atoms with Crippen LogP contribution >= 0.6 is 0 Å². The molecule has 3 aromatic rings. The summed E-state index contributed by atoms with van der Waals surface area (Å²) in [4.78, 5) is 0. The highest BCUT2D eigenvalue weighted by atomic mass is 19.4. The molecule has 1 aliphatic rings. The summed E-state index contributed by atoms with van der Waals surface area (Å²) < 4.78 is 114. The molecular formula is C27H20F8O. The Morgan fingerprint density at radius 2 is 1.50 bits per heavy atom. The van der Waals surface area contributed by atoms with Gasteiger partial charge in [-0.1, -0.05) is 31.6 Å². The molecule has 0 N–H and O–H groups in total. The lowest BCUT2D eigenvalue weighted by molar-refractivity contribution is -0.276. The van der Waals surface area contributed by atoms with Crippen LogP contribution in [0.1, 0.15) is 42.0 Å². The summed E-state index contributed by atoms with van der Waals surface area (Å²) in [6.07, 6.45) is -1.61. The predicted octanol–water partition coefficient (Wildman–Crippen LogP) is 8.47. The number of fused-ring (bicyclic) bond motifs is 1. The minimum atomic E-state index is -5.31. The van der Waals surface area contributed by atoms with Crippen LogP contribution in [0.15, 0.2) is 42.5 Å². The quantitative estimate of drug-likeness (QED) is 0.301. The molecule has 0 atom stereocenters. The fourth-order valence-electron chi connectivity index (χ4n) is 4.35. The van der Waals surface area contributed by atoms with Gasteiger partial charge < -0.3 is 4.74 Å². The van der Waals surface area contributed by atoms with Gasteiger partial charge in [0.1, 0.15) is 17.5 Å². The smallest absolute Gasteiger partial charge is 0.399 e. The summed E-state index contributed by atoms with van der Waals surface area (Å²) in [5.74, 6) is -7.17. The maximum absolute atomic E-state index is 15.3. The van der Waals surface area contributed by atoms with E-state index in [-0.39, 0.29) is 35.1 Å². The number of aryl methyl sites for hydroxylation is 1. The zero-order chi connectivity index (χ0) is 26.2. The molecule has 9 heteroatoms. The summed E-state index contributed by atoms with van der Waals surface area (Å²) >= 11 is 0. The molecule has 0 fully saturated rings. The number of rotatable bonds is 6. The molecule has 0 radical (unpaired) electrons. The van der Waals surface area contributed by atoms with Crippen molar-refractivity contribution in [1.29, 1.82) is 0 Å². The zero-order valence-electron chi connectivity index (χ0n) is 19.0. The van der Waals surface area contributed by atoms with E-state index < -0.39 is 41.2 Å². The third kappa shape index (κ3) is 5.24. The Bertz CT molecular complexity index is 1290. The van der Waals surface area contributed by atoms with E-state index in [0.717, 1.165) is 12.8 Å². The van der Waals surface area contributed by atoms with Gasteiger partial charge in [-0.05, 0) is 77.8 Å². The largest absolute Gasteiger partial charge is 0.573 e. The van der Waals surface area contributed by atoms with Crippen molar-refractivity contribution in [3.05, 3.63) is 93.8 Å². The lowest BCUT2D eigenvalue weighted by atomic mass is 9.85. The molecule has 0 saturated carbocycles. The van der Waals surface area contributed by atoms with Crippen molar-refractivity contribution in [2.75, 3.05) is 0 Å². The molecule has 4 rings (SSSR count). The maximum Gasteiger partial charge on any atom is 0.573 e. The van der Waals surface area contributed by atoms with Gasteiger partial charge >= 0.3 is 6.36 Å². The summed E-state index contributed by atoms with van der Waals surface area (Å²) in [5.41, 5.74) is 0.740. The Morgan fingerprint density at radius 1 is 0.861 bits per heavy atom. The summed E-state index contributed by atoms with van der Waals surface area (Å²) in [6.45, 7) is 1.97. The average Bonchev–Trinajstić information content (AvgIpc) is 2.79. The normalized spacial score (nSPS) is 13.4. The lowest BCUT2D eigenvalue weighted by Crippen LogP contribution is -2.19. The molecule has 0 bridgehead atoms. The Labute approximate surface area is 202 Å². The van der Waals surface area contributed by atoms with Crippen LogP contribution in [0.5, 0.6) is 5.75 Å². The number of unbranched alkanes of at least 4 members (excludes halogenated alkanes) is 1. The lowest BCUT2D eigenvalue weighted by Gasteiger charge is -2.21. The number of hydrogen-bond donors (Lipinski definition) is 0. The maximum atomic E-state index is 15.3. The SMILES string of the molecule is CCCCc1cc(F)c(C2=CCc3c(ccc(-c4cc(F)c(OC(F)(F)F)c(F)c4)c3F)C2)c(F)c1. The van der Waals surface area contributed by atoms with Crippen LogP contribution in [0.25, 0.3) is 16.7 Å². The number of alkyl halides is 3. The topological polar surface area (TPSA) is 9.23 Å². The van der Waals surface area contributed by atoms with E-state index in [9.17, 15) is 30.7 Å². The Balaban J connectivity index is 1.64. The minimum absolute atomic E-state index is 0.0236. The van der Waals surface area contributed by atoms with Crippen molar-refractivity contribution < 1.29 is 39.9 Å². The second-order valence-corrected chi connectivity index (χ2v) is 8.53. The molecule has 3 aromatic carbocycles.